The third-order valence-corrected chi connectivity index (χ3v) is 5.60. The highest BCUT2D eigenvalue weighted by Gasteiger charge is 2.58. The van der Waals surface area contributed by atoms with Crippen LogP contribution in [0.3, 0.4) is 0 Å². The van der Waals surface area contributed by atoms with Crippen molar-refractivity contribution in [2.24, 2.45) is 0 Å². The molecule has 2 aliphatic rings. The first-order valence-corrected chi connectivity index (χ1v) is 9.73. The Labute approximate surface area is 177 Å². The molecule has 1 heterocycles. The quantitative estimate of drug-likeness (QED) is 0.442. The molecule has 3 atom stereocenters. The second-order valence-corrected chi connectivity index (χ2v) is 7.73. The van der Waals surface area contributed by atoms with Crippen molar-refractivity contribution in [1.82, 2.24) is 9.78 Å². The predicted octanol–water partition coefficient (Wildman–Crippen LogP) is 5.32. The molecule has 1 saturated carbocycles. The molecule has 2 aromatic rings. The van der Waals surface area contributed by atoms with Crippen molar-refractivity contribution >= 4 is 5.97 Å². The molecule has 0 spiro atoms. The van der Waals surface area contributed by atoms with Crippen LogP contribution in [0.25, 0.3) is 0 Å². The summed E-state index contributed by atoms with van der Waals surface area (Å²) in [6.07, 6.45) is -9.49. The van der Waals surface area contributed by atoms with Crippen molar-refractivity contribution in [2.45, 2.75) is 62.6 Å². The van der Waals surface area contributed by atoms with Crippen molar-refractivity contribution in [3.63, 3.8) is 0 Å². The van der Waals surface area contributed by atoms with E-state index >= 15 is 0 Å². The van der Waals surface area contributed by atoms with Crippen molar-refractivity contribution in [3.05, 3.63) is 52.8 Å². The molecule has 32 heavy (non-hydrogen) atoms. The van der Waals surface area contributed by atoms with Gasteiger partial charge in [-0.3, -0.25) is 4.68 Å². The Morgan fingerprint density at radius 2 is 1.84 bits per heavy atom. The molecule has 0 bridgehead atoms. The normalized spacial score (nSPS) is 24.7. The number of benzene rings is 1. The van der Waals surface area contributed by atoms with Gasteiger partial charge in [-0.25, -0.2) is 13.6 Å². The van der Waals surface area contributed by atoms with Gasteiger partial charge in [0.1, 0.15) is 0 Å². The number of fused-ring (bicyclic) bond motifs is 1. The predicted molar refractivity (Wildman–Crippen MR) is 94.2 cm³/mol. The van der Waals surface area contributed by atoms with Crippen molar-refractivity contribution in [1.29, 1.82) is 0 Å². The van der Waals surface area contributed by atoms with E-state index in [2.05, 4.69) is 9.84 Å². The summed E-state index contributed by atoms with van der Waals surface area (Å²) >= 11 is 0. The molecule has 1 fully saturated rings. The van der Waals surface area contributed by atoms with Crippen LogP contribution in [0.2, 0.25) is 0 Å². The van der Waals surface area contributed by atoms with E-state index in [9.17, 15) is 35.5 Å². The molecule has 5 nitrogen and oxygen atoms in total. The number of rotatable bonds is 5. The van der Waals surface area contributed by atoms with E-state index in [1.165, 1.54) is 24.3 Å². The monoisotopic (exact) mass is 466 g/mol. The lowest BCUT2D eigenvalue weighted by atomic mass is 10.1. The molecular formula is C20H17F7N2O3. The van der Waals surface area contributed by atoms with Crippen LogP contribution in [0.4, 0.5) is 30.7 Å². The summed E-state index contributed by atoms with van der Waals surface area (Å²) in [5.74, 6) is -5.01. The second-order valence-electron chi connectivity index (χ2n) is 7.73. The lowest BCUT2D eigenvalue weighted by molar-refractivity contribution is -0.160. The molecule has 0 aliphatic heterocycles. The highest BCUT2D eigenvalue weighted by Crippen LogP contribution is 2.51. The molecular weight excluding hydrogens is 449 g/mol. The Morgan fingerprint density at radius 1 is 1.16 bits per heavy atom. The van der Waals surface area contributed by atoms with Crippen LogP contribution in [0, 0.1) is 0 Å². The van der Waals surface area contributed by atoms with Gasteiger partial charge < -0.3 is 9.47 Å². The van der Waals surface area contributed by atoms with Gasteiger partial charge >= 0.3 is 18.8 Å². The molecule has 174 valence electrons. The van der Waals surface area contributed by atoms with E-state index in [-0.39, 0.29) is 24.8 Å². The Kier molecular flexibility index (Phi) is 5.68. The highest BCUT2D eigenvalue weighted by molar-refractivity contribution is 5.89. The molecule has 0 radical (unpaired) electrons. The number of hydrogen-bond acceptors (Lipinski definition) is 4. The fraction of sp³-hybridized carbons (Fsp3) is 0.500. The highest BCUT2D eigenvalue weighted by atomic mass is 19.4. The Morgan fingerprint density at radius 3 is 2.47 bits per heavy atom. The molecule has 0 amide bonds. The van der Waals surface area contributed by atoms with Crippen molar-refractivity contribution in [2.75, 3.05) is 0 Å². The first kappa shape index (κ1) is 22.6. The number of esters is 1. The van der Waals surface area contributed by atoms with Gasteiger partial charge in [-0.2, -0.15) is 27.1 Å². The average molecular weight is 466 g/mol. The summed E-state index contributed by atoms with van der Waals surface area (Å²) in [7, 11) is 0. The van der Waals surface area contributed by atoms with E-state index in [0.29, 0.717) is 0 Å². The minimum atomic E-state index is -5.09. The number of carbonyl (C=O) groups is 1. The summed E-state index contributed by atoms with van der Waals surface area (Å²) in [5.41, 5.74) is -2.99. The zero-order chi connectivity index (χ0) is 23.3. The number of halogens is 7. The second kappa shape index (κ2) is 8.05. The van der Waals surface area contributed by atoms with E-state index in [4.69, 9.17) is 4.74 Å². The van der Waals surface area contributed by atoms with E-state index in [1.54, 1.807) is 6.07 Å². The maximum Gasteiger partial charge on any atom is 0.435 e. The smallest absolute Gasteiger partial charge is 0.435 e. The zero-order valence-corrected chi connectivity index (χ0v) is 16.3. The number of nitrogens with zero attached hydrogens (tertiary/aromatic N) is 2. The molecule has 4 rings (SSSR count). The topological polar surface area (TPSA) is 53.3 Å². The average Bonchev–Trinajstić information content (AvgIpc) is 3.35. The van der Waals surface area contributed by atoms with Crippen LogP contribution < -0.4 is 0 Å². The largest absolute Gasteiger partial charge is 0.447 e. The standard InChI is InChI=1S/C20H17F7N2O3/c21-18(22)31-12-7-6-11(8-12)29-13-9-19(23,24)16(14(13)15(28-29)20(25,26)27)32-17(30)10-4-2-1-3-5-10/h1-5,11-12,16,18H,6-9H2/t11-,12-,16-/m0/s1. The summed E-state index contributed by atoms with van der Waals surface area (Å²) in [4.78, 5) is 12.3. The van der Waals surface area contributed by atoms with Gasteiger partial charge in [0.05, 0.1) is 35.4 Å². The molecule has 0 N–H and O–H groups in total. The van der Waals surface area contributed by atoms with Gasteiger partial charge in [0.25, 0.3) is 5.92 Å². The number of carbonyl (C=O) groups excluding carboxylic acids is 1. The molecule has 0 unspecified atom stereocenters. The van der Waals surface area contributed by atoms with Gasteiger partial charge in [-0.1, -0.05) is 18.2 Å². The van der Waals surface area contributed by atoms with Crippen molar-refractivity contribution in [3.8, 4) is 0 Å². The number of alkyl halides is 7. The maximum absolute atomic E-state index is 14.8. The lowest BCUT2D eigenvalue weighted by Crippen LogP contribution is -2.29. The fourth-order valence-electron chi connectivity index (χ4n) is 4.28. The van der Waals surface area contributed by atoms with Gasteiger partial charge in [0, 0.05) is 0 Å². The van der Waals surface area contributed by atoms with Gasteiger partial charge in [-0.15, -0.1) is 0 Å². The third-order valence-electron chi connectivity index (χ3n) is 5.60. The summed E-state index contributed by atoms with van der Waals surface area (Å²) < 4.78 is 106. The molecule has 1 aromatic carbocycles. The number of aromatic nitrogens is 2. The SMILES string of the molecule is O=C(O[C@H]1c2c(C(F)(F)F)nn([C@H]3CC[C@H](OC(F)F)C3)c2CC1(F)F)c1ccccc1. The Hall–Kier alpha value is -2.63. The first-order valence-electron chi connectivity index (χ1n) is 9.73. The van der Waals surface area contributed by atoms with Crippen LogP contribution >= 0.6 is 0 Å². The van der Waals surface area contributed by atoms with Crippen molar-refractivity contribution < 1.29 is 45.0 Å². The fourth-order valence-corrected chi connectivity index (χ4v) is 4.28. The van der Waals surface area contributed by atoms with Gasteiger partial charge in [0.15, 0.2) is 11.8 Å². The number of hydrogen-bond donors (Lipinski definition) is 0. The molecule has 12 heteroatoms. The maximum atomic E-state index is 14.8. The van der Waals surface area contributed by atoms with Crippen LogP contribution in [0.5, 0.6) is 0 Å². The molecule has 1 aromatic heterocycles. The third kappa shape index (κ3) is 4.19. The van der Waals surface area contributed by atoms with E-state index in [1.807, 2.05) is 0 Å². The molecule has 2 aliphatic carbocycles. The van der Waals surface area contributed by atoms with Crippen LogP contribution in [0.15, 0.2) is 30.3 Å². The minimum Gasteiger partial charge on any atom is -0.447 e. The zero-order valence-electron chi connectivity index (χ0n) is 16.3. The van der Waals surface area contributed by atoms with Gasteiger partial charge in [0.2, 0.25) is 0 Å². The van der Waals surface area contributed by atoms with Crippen LogP contribution in [0.1, 0.15) is 58.7 Å². The van der Waals surface area contributed by atoms with E-state index in [0.717, 1.165) is 4.68 Å². The first-order chi connectivity index (χ1) is 15.0. The van der Waals surface area contributed by atoms with Crippen LogP contribution in [-0.2, 0) is 22.1 Å². The Bertz CT molecular complexity index is 991. The van der Waals surface area contributed by atoms with Gasteiger partial charge in [-0.05, 0) is 31.4 Å². The number of ether oxygens (including phenoxy) is 2. The summed E-state index contributed by atoms with van der Waals surface area (Å²) in [5, 5.41) is 3.52. The minimum absolute atomic E-state index is 0.0968. The van der Waals surface area contributed by atoms with E-state index < -0.39 is 66.3 Å². The van der Waals surface area contributed by atoms with Crippen LogP contribution in [-0.4, -0.2) is 34.4 Å². The molecule has 0 saturated heterocycles. The summed E-state index contributed by atoms with van der Waals surface area (Å²) in [6, 6.07) is 6.20. The lowest BCUT2D eigenvalue weighted by Gasteiger charge is -2.21. The summed E-state index contributed by atoms with van der Waals surface area (Å²) in [6.45, 7) is -3.06. The Balaban J connectivity index is 1.70.